The smallest absolute Gasteiger partial charge is 0.329 e. The van der Waals surface area contributed by atoms with Gasteiger partial charge in [0.2, 0.25) is 0 Å². The zero-order valence-corrected chi connectivity index (χ0v) is 14.8. The van der Waals surface area contributed by atoms with Crippen molar-refractivity contribution in [3.05, 3.63) is 40.7 Å². The van der Waals surface area contributed by atoms with Crippen molar-refractivity contribution < 1.29 is 19.7 Å². The quantitative estimate of drug-likeness (QED) is 0.498. The number of hydrogen-bond donors (Lipinski definition) is 5. The predicted molar refractivity (Wildman–Crippen MR) is 98.4 cm³/mol. The minimum absolute atomic E-state index is 0.131. The van der Waals surface area contributed by atoms with Crippen molar-refractivity contribution >= 4 is 23.0 Å². The summed E-state index contributed by atoms with van der Waals surface area (Å²) >= 11 is 0. The number of ether oxygens (including phenoxy) is 1. The number of imidazole rings is 1. The van der Waals surface area contributed by atoms with E-state index in [0.29, 0.717) is 5.70 Å². The van der Waals surface area contributed by atoms with Gasteiger partial charge < -0.3 is 25.3 Å². The van der Waals surface area contributed by atoms with Gasteiger partial charge in [0.1, 0.15) is 24.2 Å². The van der Waals surface area contributed by atoms with Crippen LogP contribution in [0, 0.1) is 0 Å². The molecule has 2 aliphatic rings. The average Bonchev–Trinajstić information content (AvgIpc) is 3.21. The van der Waals surface area contributed by atoms with Crippen molar-refractivity contribution in [3.63, 3.8) is 0 Å². The number of aromatic nitrogens is 4. The third kappa shape index (κ3) is 3.42. The first-order valence-corrected chi connectivity index (χ1v) is 8.91. The summed E-state index contributed by atoms with van der Waals surface area (Å²) in [7, 11) is 0. The first-order valence-electron chi connectivity index (χ1n) is 8.91. The SMILES string of the molecule is O=C(NC1=CCCC=C1)Nc1ncnc2c1[nH]c(=O)n2[C@H]1CC(O)C(CO)O1. The molecule has 0 spiro atoms. The maximum absolute atomic E-state index is 12.5. The van der Waals surface area contributed by atoms with Gasteiger partial charge in [-0.25, -0.2) is 24.1 Å². The second kappa shape index (κ2) is 7.54. The van der Waals surface area contributed by atoms with Gasteiger partial charge >= 0.3 is 11.7 Å². The van der Waals surface area contributed by atoms with E-state index >= 15 is 0 Å². The number of rotatable bonds is 4. The van der Waals surface area contributed by atoms with Crippen LogP contribution in [-0.4, -0.2) is 54.6 Å². The maximum Gasteiger partial charge on any atom is 0.329 e. The van der Waals surface area contributed by atoms with E-state index in [1.165, 1.54) is 10.9 Å². The van der Waals surface area contributed by atoms with Crippen molar-refractivity contribution in [2.45, 2.75) is 37.7 Å². The molecule has 3 heterocycles. The molecular formula is C17H20N6O5. The summed E-state index contributed by atoms with van der Waals surface area (Å²) < 4.78 is 6.79. The molecule has 1 saturated heterocycles. The summed E-state index contributed by atoms with van der Waals surface area (Å²) in [6, 6.07) is -0.501. The van der Waals surface area contributed by atoms with Crippen LogP contribution in [0.1, 0.15) is 25.5 Å². The molecule has 4 rings (SSSR count). The summed E-state index contributed by atoms with van der Waals surface area (Å²) in [5.41, 5.74) is 0.625. The molecule has 1 aliphatic carbocycles. The van der Waals surface area contributed by atoms with Crippen molar-refractivity contribution in [1.29, 1.82) is 0 Å². The van der Waals surface area contributed by atoms with Crippen molar-refractivity contribution in [2.24, 2.45) is 0 Å². The number of carbonyl (C=O) groups is 1. The van der Waals surface area contributed by atoms with Crippen LogP contribution >= 0.6 is 0 Å². The Morgan fingerprint density at radius 3 is 2.93 bits per heavy atom. The number of aliphatic hydroxyl groups is 2. The van der Waals surface area contributed by atoms with Crippen LogP contribution in [0.25, 0.3) is 11.2 Å². The number of allylic oxidation sites excluding steroid dienone is 3. The van der Waals surface area contributed by atoms with Crippen LogP contribution < -0.4 is 16.3 Å². The minimum Gasteiger partial charge on any atom is -0.394 e. The van der Waals surface area contributed by atoms with Gasteiger partial charge in [0.05, 0.1) is 12.7 Å². The third-order valence-electron chi connectivity index (χ3n) is 4.66. The van der Waals surface area contributed by atoms with E-state index in [9.17, 15) is 19.8 Å². The third-order valence-corrected chi connectivity index (χ3v) is 4.66. The van der Waals surface area contributed by atoms with Crippen molar-refractivity contribution in [2.75, 3.05) is 11.9 Å². The predicted octanol–water partition coefficient (Wildman–Crippen LogP) is 0.116. The van der Waals surface area contributed by atoms with Crippen LogP contribution in [-0.2, 0) is 4.74 Å². The van der Waals surface area contributed by atoms with Gasteiger partial charge in [-0.05, 0) is 18.9 Å². The molecule has 11 heteroatoms. The van der Waals surface area contributed by atoms with Gasteiger partial charge in [-0.15, -0.1) is 0 Å². The lowest BCUT2D eigenvalue weighted by molar-refractivity contribution is -0.0441. The molecule has 2 aromatic rings. The van der Waals surface area contributed by atoms with Gasteiger partial charge in [-0.3, -0.25) is 5.32 Å². The van der Waals surface area contributed by atoms with E-state index in [-0.39, 0.29) is 30.0 Å². The summed E-state index contributed by atoms with van der Waals surface area (Å²) in [5.74, 6) is 0.135. The number of aromatic amines is 1. The number of nitrogens with zero attached hydrogens (tertiary/aromatic N) is 3. The normalized spacial score (nSPS) is 24.4. The Balaban J connectivity index is 1.59. The number of aliphatic hydroxyl groups excluding tert-OH is 2. The molecule has 11 nitrogen and oxygen atoms in total. The monoisotopic (exact) mass is 388 g/mol. The number of urea groups is 1. The highest BCUT2D eigenvalue weighted by Gasteiger charge is 2.36. The minimum atomic E-state index is -0.895. The van der Waals surface area contributed by atoms with E-state index in [1.807, 2.05) is 18.2 Å². The van der Waals surface area contributed by atoms with E-state index in [4.69, 9.17) is 4.74 Å². The number of amides is 2. The molecule has 0 saturated carbocycles. The van der Waals surface area contributed by atoms with E-state index in [2.05, 4.69) is 25.6 Å². The number of fused-ring (bicyclic) bond motifs is 1. The van der Waals surface area contributed by atoms with Gasteiger partial charge in [0.15, 0.2) is 11.5 Å². The standard InChI is InChI=1S/C17H20N6O5/c24-7-11-10(25)6-12(28-11)23-15-13(21-17(23)27)14(18-8-19-15)22-16(26)20-9-4-2-1-3-5-9/h2,4-5,8,10-12,24-25H,1,3,6-7H2,(H,21,27)(H2,18,19,20,22,26)/t10?,11?,12-/m1/s1. The molecule has 2 aromatic heterocycles. The van der Waals surface area contributed by atoms with Crippen LogP contribution in [0.3, 0.4) is 0 Å². The van der Waals surface area contributed by atoms with Gasteiger partial charge in [-0.1, -0.05) is 12.2 Å². The van der Waals surface area contributed by atoms with E-state index in [0.717, 1.165) is 12.8 Å². The topological polar surface area (TPSA) is 154 Å². The van der Waals surface area contributed by atoms with Crippen LogP contribution in [0.2, 0.25) is 0 Å². The Morgan fingerprint density at radius 2 is 2.21 bits per heavy atom. The van der Waals surface area contributed by atoms with Crippen LogP contribution in [0.5, 0.6) is 0 Å². The Kier molecular flexibility index (Phi) is 4.94. The first-order chi connectivity index (χ1) is 13.6. The molecule has 2 unspecified atom stereocenters. The van der Waals surface area contributed by atoms with Crippen LogP contribution in [0.15, 0.2) is 35.0 Å². The summed E-state index contributed by atoms with van der Waals surface area (Å²) in [6.45, 7) is -0.360. The molecule has 1 fully saturated rings. The average molecular weight is 388 g/mol. The largest absolute Gasteiger partial charge is 0.394 e. The zero-order valence-electron chi connectivity index (χ0n) is 14.8. The lowest BCUT2D eigenvalue weighted by atomic mass is 10.1. The summed E-state index contributed by atoms with van der Waals surface area (Å²) in [4.78, 5) is 35.5. The second-order valence-electron chi connectivity index (χ2n) is 6.55. The Morgan fingerprint density at radius 1 is 1.36 bits per heavy atom. The van der Waals surface area contributed by atoms with Crippen molar-refractivity contribution in [1.82, 2.24) is 24.8 Å². The molecule has 5 N–H and O–H groups in total. The molecular weight excluding hydrogens is 368 g/mol. The van der Waals surface area contributed by atoms with E-state index in [1.54, 1.807) is 0 Å². The zero-order chi connectivity index (χ0) is 19.7. The number of carbonyl (C=O) groups excluding carboxylic acids is 1. The molecule has 3 atom stereocenters. The molecule has 2 amide bonds. The molecule has 28 heavy (non-hydrogen) atoms. The fourth-order valence-corrected chi connectivity index (χ4v) is 3.31. The van der Waals surface area contributed by atoms with Gasteiger partial charge in [0.25, 0.3) is 0 Å². The Bertz CT molecular complexity index is 1010. The molecule has 148 valence electrons. The highest BCUT2D eigenvalue weighted by molar-refractivity contribution is 5.96. The molecule has 0 radical (unpaired) electrons. The first kappa shape index (κ1) is 18.3. The Labute approximate surface area is 158 Å². The van der Waals surface area contributed by atoms with E-state index < -0.39 is 30.2 Å². The number of nitrogens with one attached hydrogen (secondary N) is 3. The molecule has 0 aromatic carbocycles. The Hall–Kier alpha value is -3.02. The fraction of sp³-hybridized carbons (Fsp3) is 0.412. The fourth-order valence-electron chi connectivity index (χ4n) is 3.31. The maximum atomic E-state index is 12.5. The van der Waals surface area contributed by atoms with Crippen LogP contribution in [0.4, 0.5) is 10.6 Å². The van der Waals surface area contributed by atoms with Crippen molar-refractivity contribution in [3.8, 4) is 0 Å². The lowest BCUT2D eigenvalue weighted by Crippen LogP contribution is -2.28. The highest BCUT2D eigenvalue weighted by atomic mass is 16.5. The summed E-state index contributed by atoms with van der Waals surface area (Å²) in [6.07, 6.45) is 6.37. The second-order valence-corrected chi connectivity index (χ2v) is 6.55. The van der Waals surface area contributed by atoms with Gasteiger partial charge in [-0.2, -0.15) is 0 Å². The summed E-state index contributed by atoms with van der Waals surface area (Å²) in [5, 5.41) is 24.5. The number of anilines is 1. The number of H-pyrrole nitrogens is 1. The highest BCUT2D eigenvalue weighted by Crippen LogP contribution is 2.30. The molecule has 0 bridgehead atoms. The lowest BCUT2D eigenvalue weighted by Gasteiger charge is -2.13. The van der Waals surface area contributed by atoms with Gasteiger partial charge in [0, 0.05) is 12.1 Å². The molecule has 1 aliphatic heterocycles. The number of hydrogen-bond acceptors (Lipinski definition) is 7.